The van der Waals surface area contributed by atoms with Gasteiger partial charge in [-0.15, -0.1) is 0 Å². The molecule has 0 radical (unpaired) electrons. The Morgan fingerprint density at radius 2 is 1.94 bits per heavy atom. The number of nitro groups is 1. The van der Waals surface area contributed by atoms with Crippen molar-refractivity contribution in [3.05, 3.63) is 68.2 Å². The van der Waals surface area contributed by atoms with Gasteiger partial charge < -0.3 is 10.1 Å². The molecule has 0 unspecified atom stereocenters. The Kier molecular flexibility index (Phi) is 7.46. The fraction of sp³-hybridized carbons (Fsp3) is 0.200. The van der Waals surface area contributed by atoms with Crippen LogP contribution in [-0.2, 0) is 19.1 Å². The molecule has 1 fully saturated rings. The lowest BCUT2D eigenvalue weighted by Gasteiger charge is -2.18. The van der Waals surface area contributed by atoms with E-state index in [0.717, 1.165) is 11.1 Å². The van der Waals surface area contributed by atoms with Crippen LogP contribution < -0.4 is 10.7 Å². The van der Waals surface area contributed by atoms with Gasteiger partial charge in [0.2, 0.25) is 5.91 Å². The first-order valence-corrected chi connectivity index (χ1v) is 10.2. The third kappa shape index (κ3) is 6.18. The lowest BCUT2D eigenvalue weighted by atomic mass is 10.1. The van der Waals surface area contributed by atoms with E-state index in [4.69, 9.17) is 27.9 Å². The van der Waals surface area contributed by atoms with Crippen molar-refractivity contribution in [2.45, 2.75) is 6.42 Å². The number of amides is 3. The molecule has 2 aromatic carbocycles. The van der Waals surface area contributed by atoms with Crippen molar-refractivity contribution in [3.63, 3.8) is 0 Å². The highest BCUT2D eigenvalue weighted by atomic mass is 35.5. The Morgan fingerprint density at radius 1 is 1.18 bits per heavy atom. The number of esters is 1. The molecule has 1 heterocycles. The van der Waals surface area contributed by atoms with Crippen LogP contribution in [-0.4, -0.2) is 46.8 Å². The maximum Gasteiger partial charge on any atom is 0.311 e. The number of non-ortho nitro benzene ring substituents is 1. The van der Waals surface area contributed by atoms with Crippen LogP contribution in [0, 0.1) is 16.0 Å². The van der Waals surface area contributed by atoms with Gasteiger partial charge in [-0.25, -0.2) is 0 Å². The second kappa shape index (κ2) is 10.3. The van der Waals surface area contributed by atoms with Gasteiger partial charge in [0.1, 0.15) is 0 Å². The first-order chi connectivity index (χ1) is 15.6. The van der Waals surface area contributed by atoms with Gasteiger partial charge in [0.05, 0.1) is 28.0 Å². The number of hydrogen-bond acceptors (Lipinski definition) is 7. The molecule has 172 valence electrons. The van der Waals surface area contributed by atoms with E-state index in [0.29, 0.717) is 5.02 Å². The number of rotatable bonds is 7. The number of ether oxygens (including phenoxy) is 1. The van der Waals surface area contributed by atoms with Gasteiger partial charge in [0, 0.05) is 29.3 Å². The normalized spacial score (nSPS) is 15.2. The Labute approximate surface area is 196 Å². The maximum atomic E-state index is 12.4. The van der Waals surface area contributed by atoms with Crippen LogP contribution in [0.3, 0.4) is 0 Å². The van der Waals surface area contributed by atoms with Crippen molar-refractivity contribution in [1.29, 1.82) is 0 Å². The minimum absolute atomic E-state index is 0.0948. The number of halogens is 2. The number of benzene rings is 2. The first-order valence-electron chi connectivity index (χ1n) is 9.41. The quantitative estimate of drug-likeness (QED) is 0.341. The molecule has 3 amide bonds. The van der Waals surface area contributed by atoms with E-state index in [1.54, 1.807) is 0 Å². The van der Waals surface area contributed by atoms with E-state index < -0.39 is 41.1 Å². The minimum atomic E-state index is -0.899. The summed E-state index contributed by atoms with van der Waals surface area (Å²) in [5, 5.41) is 14.6. The largest absolute Gasteiger partial charge is 0.455 e. The Morgan fingerprint density at radius 3 is 2.64 bits per heavy atom. The van der Waals surface area contributed by atoms with Crippen LogP contribution in [0.2, 0.25) is 10.0 Å². The minimum Gasteiger partial charge on any atom is -0.455 e. The first kappa shape index (κ1) is 24.0. The molecule has 2 N–H and O–H groups in total. The fourth-order valence-corrected chi connectivity index (χ4v) is 3.47. The van der Waals surface area contributed by atoms with Gasteiger partial charge in [-0.05, 0) is 24.3 Å². The number of carbonyl (C=O) groups is 4. The van der Waals surface area contributed by atoms with Crippen LogP contribution in [0.5, 0.6) is 0 Å². The molecule has 0 aromatic heterocycles. The topological polar surface area (TPSA) is 148 Å². The van der Waals surface area contributed by atoms with Gasteiger partial charge in [-0.3, -0.25) is 39.7 Å². The molecule has 0 aliphatic carbocycles. The molecule has 0 spiro atoms. The Bertz CT molecular complexity index is 1140. The Balaban J connectivity index is 1.50. The van der Waals surface area contributed by atoms with Crippen molar-refractivity contribution in [3.8, 4) is 0 Å². The van der Waals surface area contributed by atoms with Crippen LogP contribution >= 0.6 is 23.2 Å². The van der Waals surface area contributed by atoms with E-state index in [9.17, 15) is 29.3 Å². The summed E-state index contributed by atoms with van der Waals surface area (Å²) in [6, 6.07) is 9.49. The molecule has 1 aliphatic rings. The van der Waals surface area contributed by atoms with Crippen molar-refractivity contribution in [2.75, 3.05) is 18.5 Å². The number of nitrogens with zero attached hydrogens (tertiary/aromatic N) is 2. The third-order valence-electron chi connectivity index (χ3n) is 4.56. The average Bonchev–Trinajstić information content (AvgIpc) is 3.12. The lowest BCUT2D eigenvalue weighted by Crippen LogP contribution is -2.43. The molecule has 1 aliphatic heterocycles. The van der Waals surface area contributed by atoms with Crippen LogP contribution in [0.1, 0.15) is 16.8 Å². The number of anilines is 1. The average molecular weight is 495 g/mol. The van der Waals surface area contributed by atoms with Crippen LogP contribution in [0.4, 0.5) is 11.4 Å². The van der Waals surface area contributed by atoms with E-state index >= 15 is 0 Å². The molecular weight excluding hydrogens is 479 g/mol. The molecule has 1 saturated heterocycles. The second-order valence-corrected chi connectivity index (χ2v) is 7.78. The van der Waals surface area contributed by atoms with Gasteiger partial charge in [0.25, 0.3) is 17.5 Å². The van der Waals surface area contributed by atoms with Gasteiger partial charge in [0.15, 0.2) is 6.61 Å². The van der Waals surface area contributed by atoms with Crippen LogP contribution in [0.25, 0.3) is 0 Å². The predicted octanol–water partition coefficient (Wildman–Crippen LogP) is 2.58. The zero-order valence-electron chi connectivity index (χ0n) is 16.7. The fourth-order valence-electron chi connectivity index (χ4n) is 2.98. The highest BCUT2D eigenvalue weighted by Crippen LogP contribution is 2.22. The molecule has 1 atom stereocenters. The van der Waals surface area contributed by atoms with E-state index in [-0.39, 0.29) is 34.9 Å². The molecule has 2 aromatic rings. The smallest absolute Gasteiger partial charge is 0.311 e. The summed E-state index contributed by atoms with van der Waals surface area (Å²) in [6.07, 6.45) is -0.222. The molecule has 3 rings (SSSR count). The SMILES string of the molecule is O=C(COC(=O)[C@H]1CC(=O)N(NC(=O)c2ccc(Cl)cc2Cl)C1)Nc1cccc([N+](=O)[O-])c1. The summed E-state index contributed by atoms with van der Waals surface area (Å²) in [6.45, 7) is -0.805. The highest BCUT2D eigenvalue weighted by molar-refractivity contribution is 6.36. The molecule has 0 saturated carbocycles. The van der Waals surface area contributed by atoms with Crippen molar-refractivity contribution in [1.82, 2.24) is 10.4 Å². The number of hydrogen-bond donors (Lipinski definition) is 2. The second-order valence-electron chi connectivity index (χ2n) is 6.93. The number of hydrazine groups is 1. The monoisotopic (exact) mass is 494 g/mol. The van der Waals surface area contributed by atoms with Gasteiger partial charge in [-0.2, -0.15) is 0 Å². The van der Waals surface area contributed by atoms with Crippen LogP contribution in [0.15, 0.2) is 42.5 Å². The van der Waals surface area contributed by atoms with E-state index in [1.165, 1.54) is 36.4 Å². The van der Waals surface area contributed by atoms with Crippen molar-refractivity contribution >= 4 is 58.3 Å². The molecule has 0 bridgehead atoms. The van der Waals surface area contributed by atoms with Gasteiger partial charge >= 0.3 is 5.97 Å². The summed E-state index contributed by atoms with van der Waals surface area (Å²) < 4.78 is 4.94. The van der Waals surface area contributed by atoms with Crippen molar-refractivity contribution in [2.24, 2.45) is 5.92 Å². The number of nitro benzene ring substituents is 1. The zero-order chi connectivity index (χ0) is 24.1. The summed E-state index contributed by atoms with van der Waals surface area (Å²) in [4.78, 5) is 59.0. The summed E-state index contributed by atoms with van der Waals surface area (Å²) in [7, 11) is 0. The van der Waals surface area contributed by atoms with Gasteiger partial charge in [-0.1, -0.05) is 29.3 Å². The molecule has 33 heavy (non-hydrogen) atoms. The Hall–Kier alpha value is -3.70. The number of nitrogens with one attached hydrogen (secondary N) is 2. The predicted molar refractivity (Wildman–Crippen MR) is 116 cm³/mol. The van der Waals surface area contributed by atoms with E-state index in [2.05, 4.69) is 10.7 Å². The van der Waals surface area contributed by atoms with E-state index in [1.807, 2.05) is 0 Å². The lowest BCUT2D eigenvalue weighted by molar-refractivity contribution is -0.384. The molecular formula is C20H16Cl2N4O7. The van der Waals surface area contributed by atoms with Crippen molar-refractivity contribution < 1.29 is 28.8 Å². The summed E-state index contributed by atoms with van der Waals surface area (Å²) >= 11 is 11.8. The third-order valence-corrected chi connectivity index (χ3v) is 5.10. The summed E-state index contributed by atoms with van der Waals surface area (Å²) in [5.41, 5.74) is 2.42. The summed E-state index contributed by atoms with van der Waals surface area (Å²) in [5.74, 6) is -3.59. The molecule has 11 nitrogen and oxygen atoms in total. The maximum absolute atomic E-state index is 12.4. The number of carbonyl (C=O) groups excluding carboxylic acids is 4. The highest BCUT2D eigenvalue weighted by Gasteiger charge is 2.37. The molecule has 13 heteroatoms. The zero-order valence-corrected chi connectivity index (χ0v) is 18.3. The standard InChI is InChI=1S/C20H16Cl2N4O7/c21-12-4-5-15(16(22)7-12)19(29)24-25-9-11(6-18(25)28)20(30)33-10-17(27)23-13-2-1-3-14(8-13)26(31)32/h1-5,7-8,11H,6,9-10H2,(H,23,27)(H,24,29)/t11-/m0/s1.